The second-order valence-corrected chi connectivity index (χ2v) is 5.70. The zero-order chi connectivity index (χ0) is 14.9. The molecule has 22 heavy (non-hydrogen) atoms. The van der Waals surface area contributed by atoms with Gasteiger partial charge in [-0.1, -0.05) is 18.2 Å². The Kier molecular flexibility index (Phi) is 3.05. The number of hydrogen-bond acceptors (Lipinski definition) is 5. The summed E-state index contributed by atoms with van der Waals surface area (Å²) in [6, 6.07) is 9.71. The fourth-order valence-electron chi connectivity index (χ4n) is 2.30. The molecule has 0 aliphatic heterocycles. The smallest absolute Gasteiger partial charge is 0.281 e. The summed E-state index contributed by atoms with van der Waals surface area (Å²) in [4.78, 5) is 25.3. The molecular formula is C15H11N5OS. The van der Waals surface area contributed by atoms with Gasteiger partial charge >= 0.3 is 0 Å². The van der Waals surface area contributed by atoms with E-state index >= 15 is 0 Å². The van der Waals surface area contributed by atoms with Crippen molar-refractivity contribution < 1.29 is 0 Å². The van der Waals surface area contributed by atoms with E-state index in [1.54, 1.807) is 18.9 Å². The zero-order valence-corrected chi connectivity index (χ0v) is 12.3. The Morgan fingerprint density at radius 1 is 1.05 bits per heavy atom. The minimum Gasteiger partial charge on any atom is -0.290 e. The highest BCUT2D eigenvalue weighted by molar-refractivity contribution is 7.09. The minimum atomic E-state index is -0.158. The van der Waals surface area contributed by atoms with Gasteiger partial charge in [0, 0.05) is 17.3 Å². The van der Waals surface area contributed by atoms with Crippen LogP contribution >= 0.6 is 11.3 Å². The molecule has 0 saturated carbocycles. The van der Waals surface area contributed by atoms with E-state index in [1.807, 2.05) is 40.3 Å². The number of aromatic nitrogens is 5. The van der Waals surface area contributed by atoms with E-state index in [2.05, 4.69) is 15.0 Å². The maximum Gasteiger partial charge on any atom is 0.281 e. The molecule has 1 aromatic carbocycles. The SMILES string of the molecule is O=c1c2ncn(-c3ccccc3)c2ncn1Cc1nccs1. The van der Waals surface area contributed by atoms with Gasteiger partial charge < -0.3 is 0 Å². The summed E-state index contributed by atoms with van der Waals surface area (Å²) < 4.78 is 3.34. The number of nitrogens with zero attached hydrogens (tertiary/aromatic N) is 5. The standard InChI is InChI=1S/C15H11N5OS/c21-15-13-14(18-9-19(15)8-12-16-6-7-22-12)20(10-17-13)11-4-2-1-3-5-11/h1-7,9-10H,8H2. The molecule has 0 amide bonds. The predicted octanol–water partition coefficient (Wildman–Crippen LogP) is 2.09. The van der Waals surface area contributed by atoms with Crippen LogP contribution in [0.5, 0.6) is 0 Å². The van der Waals surface area contributed by atoms with Crippen molar-refractivity contribution in [3.8, 4) is 5.69 Å². The van der Waals surface area contributed by atoms with Crippen LogP contribution in [0.25, 0.3) is 16.9 Å². The van der Waals surface area contributed by atoms with Crippen LogP contribution in [0.2, 0.25) is 0 Å². The van der Waals surface area contributed by atoms with Crippen LogP contribution in [0, 0.1) is 0 Å². The fraction of sp³-hybridized carbons (Fsp3) is 0.0667. The maximum absolute atomic E-state index is 12.5. The first-order valence-electron chi connectivity index (χ1n) is 6.69. The lowest BCUT2D eigenvalue weighted by molar-refractivity contribution is 0.740. The molecule has 3 aromatic heterocycles. The summed E-state index contributed by atoms with van der Waals surface area (Å²) >= 11 is 1.51. The third kappa shape index (κ3) is 2.11. The van der Waals surface area contributed by atoms with E-state index < -0.39 is 0 Å². The van der Waals surface area contributed by atoms with Crippen molar-refractivity contribution in [2.45, 2.75) is 6.54 Å². The molecule has 6 nitrogen and oxygen atoms in total. The molecule has 0 aliphatic rings. The topological polar surface area (TPSA) is 65.6 Å². The fourth-order valence-corrected chi connectivity index (χ4v) is 2.91. The highest BCUT2D eigenvalue weighted by Crippen LogP contribution is 2.13. The molecule has 0 fully saturated rings. The van der Waals surface area contributed by atoms with E-state index in [9.17, 15) is 4.79 Å². The first-order valence-corrected chi connectivity index (χ1v) is 7.57. The first-order chi connectivity index (χ1) is 10.8. The Balaban J connectivity index is 1.83. The van der Waals surface area contributed by atoms with Crippen molar-refractivity contribution in [1.82, 2.24) is 24.1 Å². The molecule has 3 heterocycles. The molecule has 108 valence electrons. The molecule has 0 aliphatic carbocycles. The van der Waals surface area contributed by atoms with E-state index in [4.69, 9.17) is 0 Å². The molecule has 4 aromatic rings. The van der Waals surface area contributed by atoms with Crippen molar-refractivity contribution >= 4 is 22.5 Å². The van der Waals surface area contributed by atoms with Gasteiger partial charge in [0.1, 0.15) is 17.7 Å². The summed E-state index contributed by atoms with van der Waals surface area (Å²) in [6.07, 6.45) is 4.90. The molecule has 0 saturated heterocycles. The number of para-hydroxylation sites is 1. The molecule has 7 heteroatoms. The van der Waals surface area contributed by atoms with Crippen molar-refractivity contribution in [3.05, 3.63) is 69.9 Å². The highest BCUT2D eigenvalue weighted by Gasteiger charge is 2.12. The van der Waals surface area contributed by atoms with Crippen molar-refractivity contribution in [2.75, 3.05) is 0 Å². The number of hydrogen-bond donors (Lipinski definition) is 0. The molecule has 4 rings (SSSR count). The molecule has 0 unspecified atom stereocenters. The Labute approximate surface area is 129 Å². The average Bonchev–Trinajstić information content (AvgIpc) is 3.21. The van der Waals surface area contributed by atoms with Crippen LogP contribution in [0.1, 0.15) is 5.01 Å². The van der Waals surface area contributed by atoms with Gasteiger partial charge in [0.2, 0.25) is 0 Å². The third-order valence-electron chi connectivity index (χ3n) is 3.35. The minimum absolute atomic E-state index is 0.158. The number of benzene rings is 1. The van der Waals surface area contributed by atoms with Gasteiger partial charge in [-0.2, -0.15) is 0 Å². The Morgan fingerprint density at radius 3 is 2.68 bits per heavy atom. The summed E-state index contributed by atoms with van der Waals surface area (Å²) in [6.45, 7) is 0.414. The van der Waals surface area contributed by atoms with Crippen molar-refractivity contribution in [3.63, 3.8) is 0 Å². The van der Waals surface area contributed by atoms with Crippen LogP contribution < -0.4 is 5.56 Å². The Hall–Kier alpha value is -2.80. The van der Waals surface area contributed by atoms with E-state index in [0.29, 0.717) is 17.7 Å². The van der Waals surface area contributed by atoms with Crippen LogP contribution in [0.4, 0.5) is 0 Å². The van der Waals surface area contributed by atoms with Crippen LogP contribution in [-0.4, -0.2) is 24.1 Å². The summed E-state index contributed by atoms with van der Waals surface area (Å²) in [7, 11) is 0. The maximum atomic E-state index is 12.5. The van der Waals surface area contributed by atoms with Crippen LogP contribution in [0.3, 0.4) is 0 Å². The Bertz CT molecular complexity index is 972. The van der Waals surface area contributed by atoms with Gasteiger partial charge in [-0.05, 0) is 12.1 Å². The first kappa shape index (κ1) is 12.9. The third-order valence-corrected chi connectivity index (χ3v) is 4.11. The van der Waals surface area contributed by atoms with E-state index in [0.717, 1.165) is 10.7 Å². The summed E-state index contributed by atoms with van der Waals surface area (Å²) in [5, 5.41) is 2.75. The Morgan fingerprint density at radius 2 is 1.91 bits per heavy atom. The summed E-state index contributed by atoms with van der Waals surface area (Å²) in [5.41, 5.74) is 1.69. The van der Waals surface area contributed by atoms with Gasteiger partial charge in [-0.25, -0.2) is 15.0 Å². The largest absolute Gasteiger partial charge is 0.290 e. The number of imidazole rings is 1. The number of fused-ring (bicyclic) bond motifs is 1. The normalized spacial score (nSPS) is 11.1. The molecular weight excluding hydrogens is 298 g/mol. The van der Waals surface area contributed by atoms with Crippen molar-refractivity contribution in [2.24, 2.45) is 0 Å². The number of thiazole rings is 1. The van der Waals surface area contributed by atoms with Gasteiger partial charge in [0.05, 0.1) is 6.54 Å². The summed E-state index contributed by atoms with van der Waals surface area (Å²) in [5.74, 6) is 0. The van der Waals surface area contributed by atoms with Gasteiger partial charge in [0.15, 0.2) is 11.2 Å². The monoisotopic (exact) mass is 309 g/mol. The van der Waals surface area contributed by atoms with Gasteiger partial charge in [-0.15, -0.1) is 11.3 Å². The van der Waals surface area contributed by atoms with Gasteiger partial charge in [0.25, 0.3) is 5.56 Å². The number of rotatable bonds is 3. The van der Waals surface area contributed by atoms with Crippen molar-refractivity contribution in [1.29, 1.82) is 0 Å². The zero-order valence-electron chi connectivity index (χ0n) is 11.5. The van der Waals surface area contributed by atoms with Gasteiger partial charge in [-0.3, -0.25) is 13.9 Å². The van der Waals surface area contributed by atoms with Crippen LogP contribution in [-0.2, 0) is 6.54 Å². The molecule has 0 N–H and O–H groups in total. The predicted molar refractivity (Wildman–Crippen MR) is 84.3 cm³/mol. The molecule has 0 atom stereocenters. The molecule has 0 radical (unpaired) electrons. The average molecular weight is 309 g/mol. The molecule has 0 spiro atoms. The van der Waals surface area contributed by atoms with E-state index in [1.165, 1.54) is 15.9 Å². The molecule has 0 bridgehead atoms. The van der Waals surface area contributed by atoms with E-state index in [-0.39, 0.29) is 5.56 Å². The quantitative estimate of drug-likeness (QED) is 0.581. The lowest BCUT2D eigenvalue weighted by atomic mass is 10.3. The lowest BCUT2D eigenvalue weighted by Gasteiger charge is -2.04. The highest BCUT2D eigenvalue weighted by atomic mass is 32.1. The lowest BCUT2D eigenvalue weighted by Crippen LogP contribution is -2.21. The van der Waals surface area contributed by atoms with Crippen LogP contribution in [0.15, 0.2) is 59.4 Å². The second kappa shape index (κ2) is 5.19. The second-order valence-electron chi connectivity index (χ2n) is 4.73.